The molecule has 1 heterocycles. The third-order valence-electron chi connectivity index (χ3n) is 1.99. The maximum Gasteiger partial charge on any atom is 0.269 e. The lowest BCUT2D eigenvalue weighted by molar-refractivity contribution is -0.384. The zero-order valence-corrected chi connectivity index (χ0v) is 8.16. The fourth-order valence-corrected chi connectivity index (χ4v) is 1.25. The second-order valence-electron chi connectivity index (χ2n) is 3.15. The van der Waals surface area contributed by atoms with E-state index in [1.165, 1.54) is 12.1 Å². The van der Waals surface area contributed by atoms with E-state index in [1.54, 1.807) is 12.1 Å². The standard InChI is InChI=1S/C9H8N4O3/c10-9-11-8(16-12-9)5-6-1-3-7(4-2-6)13(14)15/h1-4H,5H2,(H2,10,12). The summed E-state index contributed by atoms with van der Waals surface area (Å²) in [6, 6.07) is 6.13. The Morgan fingerprint density at radius 1 is 1.38 bits per heavy atom. The van der Waals surface area contributed by atoms with Crippen molar-refractivity contribution < 1.29 is 9.45 Å². The number of anilines is 1. The van der Waals surface area contributed by atoms with E-state index in [0.717, 1.165) is 5.56 Å². The van der Waals surface area contributed by atoms with Crippen molar-refractivity contribution in [3.63, 3.8) is 0 Å². The van der Waals surface area contributed by atoms with E-state index in [0.29, 0.717) is 12.3 Å². The van der Waals surface area contributed by atoms with Gasteiger partial charge < -0.3 is 10.3 Å². The fourth-order valence-electron chi connectivity index (χ4n) is 1.25. The summed E-state index contributed by atoms with van der Waals surface area (Å²) in [6.45, 7) is 0. The number of nitrogens with zero attached hydrogens (tertiary/aromatic N) is 3. The predicted molar refractivity (Wildman–Crippen MR) is 54.6 cm³/mol. The van der Waals surface area contributed by atoms with Crippen molar-refractivity contribution in [2.75, 3.05) is 5.73 Å². The largest absolute Gasteiger partial charge is 0.365 e. The lowest BCUT2D eigenvalue weighted by atomic mass is 10.1. The van der Waals surface area contributed by atoms with Gasteiger partial charge in [0.25, 0.3) is 11.6 Å². The van der Waals surface area contributed by atoms with Crippen LogP contribution in [-0.2, 0) is 6.42 Å². The van der Waals surface area contributed by atoms with Crippen molar-refractivity contribution in [3.05, 3.63) is 45.8 Å². The number of nitrogen functional groups attached to an aromatic ring is 1. The molecule has 0 saturated carbocycles. The van der Waals surface area contributed by atoms with Crippen molar-refractivity contribution in [3.8, 4) is 0 Å². The van der Waals surface area contributed by atoms with Crippen LogP contribution in [0.5, 0.6) is 0 Å². The molecular formula is C9H8N4O3. The summed E-state index contributed by atoms with van der Waals surface area (Å²) in [5.41, 5.74) is 6.18. The second-order valence-corrected chi connectivity index (χ2v) is 3.15. The minimum atomic E-state index is -0.450. The van der Waals surface area contributed by atoms with E-state index >= 15 is 0 Å². The Kier molecular flexibility index (Phi) is 2.50. The summed E-state index contributed by atoms with van der Waals surface area (Å²) in [5.74, 6) is 0.461. The third-order valence-corrected chi connectivity index (χ3v) is 1.99. The summed E-state index contributed by atoms with van der Waals surface area (Å²) < 4.78 is 4.83. The molecule has 0 amide bonds. The highest BCUT2D eigenvalue weighted by Crippen LogP contribution is 2.14. The fraction of sp³-hybridized carbons (Fsp3) is 0.111. The number of rotatable bonds is 3. The molecule has 0 aliphatic carbocycles. The van der Waals surface area contributed by atoms with Gasteiger partial charge in [-0.1, -0.05) is 12.1 Å². The molecule has 1 aromatic heterocycles. The number of hydrogen-bond donors (Lipinski definition) is 1. The van der Waals surface area contributed by atoms with Gasteiger partial charge in [0.15, 0.2) is 0 Å². The number of nitro groups is 1. The summed E-state index contributed by atoms with van der Waals surface area (Å²) >= 11 is 0. The van der Waals surface area contributed by atoms with E-state index < -0.39 is 4.92 Å². The van der Waals surface area contributed by atoms with Gasteiger partial charge in [-0.05, 0) is 10.7 Å². The molecule has 0 aliphatic rings. The van der Waals surface area contributed by atoms with Crippen molar-refractivity contribution in [1.29, 1.82) is 0 Å². The molecule has 0 unspecified atom stereocenters. The third kappa shape index (κ3) is 2.14. The first-order valence-electron chi connectivity index (χ1n) is 4.46. The molecule has 0 radical (unpaired) electrons. The summed E-state index contributed by atoms with van der Waals surface area (Å²) in [4.78, 5) is 13.8. The number of aromatic nitrogens is 2. The van der Waals surface area contributed by atoms with Crippen molar-refractivity contribution >= 4 is 11.6 Å². The van der Waals surface area contributed by atoms with Crippen LogP contribution in [0.2, 0.25) is 0 Å². The topological polar surface area (TPSA) is 108 Å². The van der Waals surface area contributed by atoms with E-state index in [4.69, 9.17) is 10.3 Å². The van der Waals surface area contributed by atoms with Gasteiger partial charge in [0.1, 0.15) is 0 Å². The summed E-state index contributed by atoms with van der Waals surface area (Å²) in [7, 11) is 0. The quantitative estimate of drug-likeness (QED) is 0.613. The normalized spacial score (nSPS) is 10.2. The van der Waals surface area contributed by atoms with Crippen LogP contribution in [0.3, 0.4) is 0 Å². The van der Waals surface area contributed by atoms with Crippen LogP contribution in [0.4, 0.5) is 11.6 Å². The molecule has 0 spiro atoms. The smallest absolute Gasteiger partial charge is 0.269 e. The molecule has 16 heavy (non-hydrogen) atoms. The van der Waals surface area contributed by atoms with Gasteiger partial charge in [0.05, 0.1) is 11.3 Å². The van der Waals surface area contributed by atoms with Gasteiger partial charge in [-0.3, -0.25) is 10.1 Å². The van der Waals surface area contributed by atoms with Gasteiger partial charge in [-0.15, -0.1) is 0 Å². The zero-order chi connectivity index (χ0) is 11.5. The Morgan fingerprint density at radius 3 is 2.56 bits per heavy atom. The first kappa shape index (κ1) is 10.1. The molecule has 0 saturated heterocycles. The monoisotopic (exact) mass is 220 g/mol. The first-order chi connectivity index (χ1) is 7.65. The van der Waals surface area contributed by atoms with Gasteiger partial charge >= 0.3 is 0 Å². The first-order valence-corrected chi connectivity index (χ1v) is 4.46. The van der Waals surface area contributed by atoms with Crippen LogP contribution in [0, 0.1) is 10.1 Å². The zero-order valence-electron chi connectivity index (χ0n) is 8.16. The molecule has 1 aromatic carbocycles. The molecule has 2 rings (SSSR count). The average Bonchev–Trinajstić information content (AvgIpc) is 2.65. The number of nitrogens with two attached hydrogens (primary N) is 1. The maximum atomic E-state index is 10.4. The van der Waals surface area contributed by atoms with Gasteiger partial charge in [-0.25, -0.2) is 0 Å². The molecule has 0 atom stereocenters. The van der Waals surface area contributed by atoms with E-state index in [9.17, 15) is 10.1 Å². The van der Waals surface area contributed by atoms with Crippen molar-refractivity contribution in [2.45, 2.75) is 6.42 Å². The lowest BCUT2D eigenvalue weighted by Crippen LogP contribution is -1.92. The maximum absolute atomic E-state index is 10.4. The van der Waals surface area contributed by atoms with E-state index in [-0.39, 0.29) is 11.6 Å². The summed E-state index contributed by atoms with van der Waals surface area (Å²) in [5, 5.41) is 13.9. The molecule has 0 fully saturated rings. The number of non-ortho nitro benzene ring substituents is 1. The number of hydrogen-bond acceptors (Lipinski definition) is 6. The van der Waals surface area contributed by atoms with Crippen molar-refractivity contribution in [1.82, 2.24) is 10.1 Å². The predicted octanol–water partition coefficient (Wildman–Crippen LogP) is 1.15. The van der Waals surface area contributed by atoms with Crippen LogP contribution in [0.25, 0.3) is 0 Å². The van der Waals surface area contributed by atoms with Crippen LogP contribution >= 0.6 is 0 Å². The summed E-state index contributed by atoms with van der Waals surface area (Å²) in [6.07, 6.45) is 0.405. The molecule has 2 N–H and O–H groups in total. The Labute approximate surface area is 90.0 Å². The van der Waals surface area contributed by atoms with Gasteiger partial charge in [-0.2, -0.15) is 4.98 Å². The van der Waals surface area contributed by atoms with Gasteiger partial charge in [0.2, 0.25) is 5.89 Å². The Balaban J connectivity index is 2.14. The Morgan fingerprint density at radius 2 is 2.06 bits per heavy atom. The van der Waals surface area contributed by atoms with Crippen LogP contribution < -0.4 is 5.73 Å². The highest BCUT2D eigenvalue weighted by atomic mass is 16.6. The van der Waals surface area contributed by atoms with Crippen LogP contribution in [0.1, 0.15) is 11.5 Å². The van der Waals surface area contributed by atoms with Crippen LogP contribution in [0.15, 0.2) is 28.8 Å². The highest BCUT2D eigenvalue weighted by Gasteiger charge is 2.07. The molecule has 82 valence electrons. The molecule has 7 heteroatoms. The minimum Gasteiger partial charge on any atom is -0.365 e. The molecular weight excluding hydrogens is 212 g/mol. The number of benzene rings is 1. The van der Waals surface area contributed by atoms with Gasteiger partial charge in [0, 0.05) is 12.1 Å². The highest BCUT2D eigenvalue weighted by molar-refractivity contribution is 5.33. The minimum absolute atomic E-state index is 0.0498. The van der Waals surface area contributed by atoms with E-state index in [2.05, 4.69) is 10.1 Å². The SMILES string of the molecule is Nc1noc(Cc2ccc([N+](=O)[O-])cc2)n1. The van der Waals surface area contributed by atoms with E-state index in [1.807, 2.05) is 0 Å². The Bertz CT molecular complexity index is 506. The number of nitro benzene ring substituents is 1. The Hall–Kier alpha value is -2.44. The second kappa shape index (κ2) is 3.97. The average molecular weight is 220 g/mol. The van der Waals surface area contributed by atoms with Crippen molar-refractivity contribution in [2.24, 2.45) is 0 Å². The molecule has 7 nitrogen and oxygen atoms in total. The van der Waals surface area contributed by atoms with Crippen LogP contribution in [-0.4, -0.2) is 15.1 Å². The molecule has 2 aromatic rings. The molecule has 0 aliphatic heterocycles. The lowest BCUT2D eigenvalue weighted by Gasteiger charge is -1.95. The molecule has 0 bridgehead atoms.